The van der Waals surface area contributed by atoms with Crippen LogP contribution in [-0.2, 0) is 0 Å². The Bertz CT molecular complexity index is 328. The number of methoxy groups -OCH3 is 1. The number of nitrogens with zero attached hydrogens (tertiary/aromatic N) is 1. The number of hydrogen-bond donors (Lipinski definition) is 1. The van der Waals surface area contributed by atoms with Gasteiger partial charge in [0, 0.05) is 12.2 Å². The summed E-state index contributed by atoms with van der Waals surface area (Å²) in [5.74, 6) is 0.832. The first-order valence-electron chi connectivity index (χ1n) is 6.98. The second-order valence-corrected chi connectivity index (χ2v) is 4.70. The van der Waals surface area contributed by atoms with Gasteiger partial charge in [-0.25, -0.2) is 0 Å². The molecule has 0 radical (unpaired) electrons. The second kappa shape index (κ2) is 8.92. The van der Waals surface area contributed by atoms with Crippen molar-refractivity contribution in [2.75, 3.05) is 14.2 Å². The van der Waals surface area contributed by atoms with Crippen molar-refractivity contribution in [3.05, 3.63) is 24.0 Å². The third kappa shape index (κ3) is 5.05. The molecule has 0 aromatic carbocycles. The van der Waals surface area contributed by atoms with Gasteiger partial charge in [0.1, 0.15) is 5.75 Å². The molecule has 0 aliphatic heterocycles. The van der Waals surface area contributed by atoms with Crippen molar-refractivity contribution in [3.63, 3.8) is 0 Å². The summed E-state index contributed by atoms with van der Waals surface area (Å²) in [5, 5.41) is 3.37. The van der Waals surface area contributed by atoms with Crippen LogP contribution in [0.25, 0.3) is 0 Å². The lowest BCUT2D eigenvalue weighted by Crippen LogP contribution is -2.16. The van der Waals surface area contributed by atoms with Gasteiger partial charge in [-0.1, -0.05) is 39.0 Å². The topological polar surface area (TPSA) is 34.2 Å². The van der Waals surface area contributed by atoms with E-state index in [0.29, 0.717) is 6.04 Å². The average Bonchev–Trinajstić information content (AvgIpc) is 2.43. The molecule has 1 heterocycles. The maximum absolute atomic E-state index is 5.22. The minimum atomic E-state index is 0.384. The summed E-state index contributed by atoms with van der Waals surface area (Å²) >= 11 is 0. The SMILES string of the molecule is CCCCCCCC(NC)c1cncc(OC)c1. The Labute approximate surface area is 111 Å². The zero-order valence-corrected chi connectivity index (χ0v) is 11.9. The number of pyridine rings is 1. The number of nitrogens with one attached hydrogen (secondary N) is 1. The molecule has 0 spiro atoms. The molecule has 3 heteroatoms. The molecule has 0 saturated carbocycles. The predicted octanol–water partition coefficient (Wildman–Crippen LogP) is 3.71. The lowest BCUT2D eigenvalue weighted by Gasteiger charge is -2.16. The third-order valence-corrected chi connectivity index (χ3v) is 3.32. The molecule has 1 rings (SSSR count). The lowest BCUT2D eigenvalue weighted by atomic mass is 10.0. The minimum Gasteiger partial charge on any atom is -0.495 e. The third-order valence-electron chi connectivity index (χ3n) is 3.32. The van der Waals surface area contributed by atoms with E-state index in [2.05, 4.69) is 23.3 Å². The van der Waals surface area contributed by atoms with Crippen LogP contribution in [0.2, 0.25) is 0 Å². The van der Waals surface area contributed by atoms with Crippen LogP contribution in [0.5, 0.6) is 5.75 Å². The van der Waals surface area contributed by atoms with E-state index in [1.54, 1.807) is 13.3 Å². The van der Waals surface area contributed by atoms with Crippen molar-refractivity contribution in [1.29, 1.82) is 0 Å². The number of ether oxygens (including phenoxy) is 1. The van der Waals surface area contributed by atoms with Crippen molar-refractivity contribution in [1.82, 2.24) is 10.3 Å². The summed E-state index contributed by atoms with van der Waals surface area (Å²) in [5.41, 5.74) is 1.22. The highest BCUT2D eigenvalue weighted by Gasteiger charge is 2.10. The molecule has 18 heavy (non-hydrogen) atoms. The number of aromatic nitrogens is 1. The Kier molecular flexibility index (Phi) is 7.42. The van der Waals surface area contributed by atoms with Crippen LogP contribution in [0.3, 0.4) is 0 Å². The summed E-state index contributed by atoms with van der Waals surface area (Å²) in [6.45, 7) is 2.25. The van der Waals surface area contributed by atoms with Gasteiger partial charge in [0.2, 0.25) is 0 Å². The number of hydrogen-bond acceptors (Lipinski definition) is 3. The fourth-order valence-corrected chi connectivity index (χ4v) is 2.17. The first-order valence-corrected chi connectivity index (χ1v) is 6.98. The van der Waals surface area contributed by atoms with E-state index in [-0.39, 0.29) is 0 Å². The predicted molar refractivity (Wildman–Crippen MR) is 76.0 cm³/mol. The standard InChI is InChI=1S/C15H26N2O/c1-4-5-6-7-8-9-15(16-2)13-10-14(18-3)12-17-11-13/h10-12,15-16H,4-9H2,1-3H3. The Hall–Kier alpha value is -1.09. The first-order chi connectivity index (χ1) is 8.81. The zero-order valence-electron chi connectivity index (χ0n) is 11.9. The van der Waals surface area contributed by atoms with Gasteiger partial charge in [0.05, 0.1) is 13.3 Å². The van der Waals surface area contributed by atoms with E-state index in [4.69, 9.17) is 4.74 Å². The van der Waals surface area contributed by atoms with E-state index in [1.165, 1.54) is 37.7 Å². The maximum Gasteiger partial charge on any atom is 0.137 e. The molecule has 1 N–H and O–H groups in total. The molecule has 0 saturated heterocycles. The van der Waals surface area contributed by atoms with Crippen molar-refractivity contribution in [3.8, 4) is 5.75 Å². The van der Waals surface area contributed by atoms with Crippen LogP contribution < -0.4 is 10.1 Å². The van der Waals surface area contributed by atoms with E-state index < -0.39 is 0 Å². The molecule has 0 amide bonds. The summed E-state index contributed by atoms with van der Waals surface area (Å²) in [6, 6.07) is 2.45. The molecule has 3 nitrogen and oxygen atoms in total. The highest BCUT2D eigenvalue weighted by Crippen LogP contribution is 2.22. The highest BCUT2D eigenvalue weighted by atomic mass is 16.5. The molecule has 102 valence electrons. The molecule has 0 aliphatic carbocycles. The lowest BCUT2D eigenvalue weighted by molar-refractivity contribution is 0.410. The van der Waals surface area contributed by atoms with Crippen molar-refractivity contribution >= 4 is 0 Å². The van der Waals surface area contributed by atoms with Crippen LogP contribution in [0.15, 0.2) is 18.5 Å². The van der Waals surface area contributed by atoms with Crippen molar-refractivity contribution in [2.45, 2.75) is 51.5 Å². The van der Waals surface area contributed by atoms with E-state index >= 15 is 0 Å². The Morgan fingerprint density at radius 3 is 2.67 bits per heavy atom. The molecule has 1 unspecified atom stereocenters. The van der Waals surface area contributed by atoms with E-state index in [0.717, 1.165) is 12.2 Å². The summed E-state index contributed by atoms with van der Waals surface area (Å²) < 4.78 is 5.22. The van der Waals surface area contributed by atoms with Gasteiger partial charge < -0.3 is 10.1 Å². The molecule has 0 fully saturated rings. The largest absolute Gasteiger partial charge is 0.495 e. The van der Waals surface area contributed by atoms with Crippen LogP contribution in [0.1, 0.15) is 57.1 Å². The Balaban J connectivity index is 2.44. The Morgan fingerprint density at radius 2 is 2.00 bits per heavy atom. The van der Waals surface area contributed by atoms with Gasteiger partial charge in [-0.3, -0.25) is 4.98 Å². The fourth-order valence-electron chi connectivity index (χ4n) is 2.17. The van der Waals surface area contributed by atoms with E-state index in [1.807, 2.05) is 13.2 Å². The van der Waals surface area contributed by atoms with E-state index in [9.17, 15) is 0 Å². The molecule has 1 atom stereocenters. The summed E-state index contributed by atoms with van der Waals surface area (Å²) in [7, 11) is 3.69. The van der Waals surface area contributed by atoms with Crippen LogP contribution in [0, 0.1) is 0 Å². The number of unbranched alkanes of at least 4 members (excludes halogenated alkanes) is 4. The Morgan fingerprint density at radius 1 is 1.22 bits per heavy atom. The normalized spacial score (nSPS) is 12.4. The van der Waals surface area contributed by atoms with Crippen LogP contribution >= 0.6 is 0 Å². The molecular formula is C15H26N2O. The summed E-state index contributed by atoms with van der Waals surface area (Å²) in [4.78, 5) is 4.22. The monoisotopic (exact) mass is 250 g/mol. The minimum absolute atomic E-state index is 0.384. The second-order valence-electron chi connectivity index (χ2n) is 4.70. The first kappa shape index (κ1) is 15.0. The van der Waals surface area contributed by atoms with Gasteiger partial charge in [-0.05, 0) is 25.1 Å². The van der Waals surface area contributed by atoms with Gasteiger partial charge in [0.15, 0.2) is 0 Å². The number of rotatable bonds is 9. The van der Waals surface area contributed by atoms with Gasteiger partial charge in [-0.15, -0.1) is 0 Å². The highest BCUT2D eigenvalue weighted by molar-refractivity contribution is 5.25. The molecule has 0 bridgehead atoms. The van der Waals surface area contributed by atoms with Gasteiger partial charge in [-0.2, -0.15) is 0 Å². The van der Waals surface area contributed by atoms with Crippen LogP contribution in [-0.4, -0.2) is 19.1 Å². The average molecular weight is 250 g/mol. The molecular weight excluding hydrogens is 224 g/mol. The fraction of sp³-hybridized carbons (Fsp3) is 0.667. The summed E-state index contributed by atoms with van der Waals surface area (Å²) in [6.07, 6.45) is 11.4. The molecule has 1 aromatic heterocycles. The van der Waals surface area contributed by atoms with Crippen LogP contribution in [0.4, 0.5) is 0 Å². The van der Waals surface area contributed by atoms with Gasteiger partial charge >= 0.3 is 0 Å². The van der Waals surface area contributed by atoms with Crippen molar-refractivity contribution < 1.29 is 4.74 Å². The van der Waals surface area contributed by atoms with Gasteiger partial charge in [0.25, 0.3) is 0 Å². The maximum atomic E-state index is 5.22. The smallest absolute Gasteiger partial charge is 0.137 e. The quantitative estimate of drug-likeness (QED) is 0.678. The zero-order chi connectivity index (χ0) is 13.2. The molecule has 1 aromatic rings. The van der Waals surface area contributed by atoms with Crippen molar-refractivity contribution in [2.24, 2.45) is 0 Å². The molecule has 0 aliphatic rings.